The van der Waals surface area contributed by atoms with Crippen LogP contribution in [0.2, 0.25) is 0 Å². The SMILES string of the molecule is Cc1cc(NC2CCC(NC(=O)c3ccc(N4CCS(=O)(=O)CC4)cc3)CC2)cc(C(F)(F)F)n1.S.S. The minimum Gasteiger partial charge on any atom is -0.382 e. The van der Waals surface area contributed by atoms with E-state index in [1.165, 1.54) is 6.92 Å². The number of nitrogens with one attached hydrogen (secondary N) is 2. The summed E-state index contributed by atoms with van der Waals surface area (Å²) in [6, 6.07) is 9.81. The van der Waals surface area contributed by atoms with Gasteiger partial charge in [0.25, 0.3) is 5.91 Å². The minimum absolute atomic E-state index is 0. The second kappa shape index (κ2) is 12.6. The quantitative estimate of drug-likeness (QED) is 0.557. The number of carbonyl (C=O) groups is 1. The van der Waals surface area contributed by atoms with Gasteiger partial charge in [0.2, 0.25) is 0 Å². The van der Waals surface area contributed by atoms with E-state index in [9.17, 15) is 26.4 Å². The van der Waals surface area contributed by atoms with Crippen LogP contribution in [0.5, 0.6) is 0 Å². The zero-order chi connectivity index (χ0) is 25.2. The molecule has 2 fully saturated rings. The molecule has 1 amide bonds. The summed E-state index contributed by atoms with van der Waals surface area (Å²) in [7, 11) is -2.95. The lowest BCUT2D eigenvalue weighted by atomic mass is 9.90. The number of hydrogen-bond acceptors (Lipinski definition) is 6. The number of pyridine rings is 1. The van der Waals surface area contributed by atoms with E-state index in [-0.39, 0.29) is 56.5 Å². The van der Waals surface area contributed by atoms with Gasteiger partial charge in [-0.2, -0.15) is 40.2 Å². The van der Waals surface area contributed by atoms with E-state index in [0.717, 1.165) is 37.4 Å². The third-order valence-corrected chi connectivity index (χ3v) is 8.13. The maximum atomic E-state index is 13.0. The molecular weight excluding hydrogens is 545 g/mol. The van der Waals surface area contributed by atoms with E-state index in [1.54, 1.807) is 18.2 Å². The molecule has 0 radical (unpaired) electrons. The highest BCUT2D eigenvalue weighted by molar-refractivity contribution is 7.91. The number of rotatable bonds is 5. The topological polar surface area (TPSA) is 91.4 Å². The first kappa shape index (κ1) is 31.1. The molecule has 0 spiro atoms. The van der Waals surface area contributed by atoms with Crippen LogP contribution in [0.15, 0.2) is 36.4 Å². The molecule has 7 nitrogen and oxygen atoms in total. The van der Waals surface area contributed by atoms with Crippen molar-refractivity contribution < 1.29 is 26.4 Å². The highest BCUT2D eigenvalue weighted by atomic mass is 32.2. The predicted octanol–water partition coefficient (Wildman–Crippen LogP) is 4.02. The summed E-state index contributed by atoms with van der Waals surface area (Å²) in [5.74, 6) is 0.0994. The number of carbonyl (C=O) groups excluding carboxylic acids is 1. The Kier molecular flexibility index (Phi) is 10.6. The van der Waals surface area contributed by atoms with Crippen molar-refractivity contribution in [2.75, 3.05) is 34.8 Å². The van der Waals surface area contributed by atoms with Crippen LogP contribution in [0.4, 0.5) is 24.5 Å². The Morgan fingerprint density at radius 3 is 2.11 bits per heavy atom. The summed E-state index contributed by atoms with van der Waals surface area (Å²) in [4.78, 5) is 18.3. The molecule has 2 aliphatic rings. The normalized spacial score (nSPS) is 21.2. The second-order valence-electron chi connectivity index (χ2n) is 9.23. The fourth-order valence-corrected chi connectivity index (χ4v) is 5.78. The molecular formula is C24H33F3N4O3S3. The number of amides is 1. The third kappa shape index (κ3) is 8.44. The van der Waals surface area contributed by atoms with Gasteiger partial charge in [-0.05, 0) is 69.0 Å². The molecule has 0 bridgehead atoms. The molecule has 2 aromatic rings. The number of halogens is 3. The summed E-state index contributed by atoms with van der Waals surface area (Å²) in [6.07, 6.45) is -1.59. The highest BCUT2D eigenvalue weighted by Gasteiger charge is 2.33. The van der Waals surface area contributed by atoms with Crippen LogP contribution in [0.3, 0.4) is 0 Å². The van der Waals surface area contributed by atoms with Crippen molar-refractivity contribution in [3.05, 3.63) is 53.3 Å². The maximum absolute atomic E-state index is 13.0. The molecule has 1 aromatic heterocycles. The Balaban J connectivity index is 0.00000241. The van der Waals surface area contributed by atoms with Gasteiger partial charge in [-0.25, -0.2) is 13.4 Å². The van der Waals surface area contributed by atoms with E-state index in [1.807, 2.05) is 17.0 Å². The van der Waals surface area contributed by atoms with E-state index in [0.29, 0.717) is 30.0 Å². The number of alkyl halides is 3. The van der Waals surface area contributed by atoms with Crippen LogP contribution >= 0.6 is 27.0 Å². The number of hydrogen-bond donors (Lipinski definition) is 2. The van der Waals surface area contributed by atoms with Crippen molar-refractivity contribution in [1.82, 2.24) is 10.3 Å². The first-order valence-electron chi connectivity index (χ1n) is 11.7. The molecule has 1 saturated carbocycles. The number of anilines is 2. The van der Waals surface area contributed by atoms with Crippen molar-refractivity contribution in [2.45, 2.75) is 50.9 Å². The molecule has 1 saturated heterocycles. The first-order chi connectivity index (χ1) is 16.5. The smallest absolute Gasteiger partial charge is 0.382 e. The lowest BCUT2D eigenvalue weighted by Gasteiger charge is -2.30. The van der Waals surface area contributed by atoms with Gasteiger partial charge in [0.05, 0.1) is 11.5 Å². The number of benzene rings is 1. The Bertz CT molecular complexity index is 1160. The number of nitrogens with zero attached hydrogens (tertiary/aromatic N) is 2. The molecule has 1 aliphatic carbocycles. The van der Waals surface area contributed by atoms with E-state index >= 15 is 0 Å². The molecule has 37 heavy (non-hydrogen) atoms. The van der Waals surface area contributed by atoms with Crippen molar-refractivity contribution in [3.8, 4) is 0 Å². The van der Waals surface area contributed by atoms with E-state index in [2.05, 4.69) is 15.6 Å². The molecule has 0 atom stereocenters. The Hall–Kier alpha value is -2.12. The number of aryl methyl sites for hydroxylation is 1. The highest BCUT2D eigenvalue weighted by Crippen LogP contribution is 2.31. The molecule has 0 unspecified atom stereocenters. The van der Waals surface area contributed by atoms with Crippen molar-refractivity contribution in [1.29, 1.82) is 0 Å². The summed E-state index contributed by atoms with van der Waals surface area (Å²) < 4.78 is 62.3. The standard InChI is InChI=1S/C24H29F3N4O3S.2H2S/c1-16-14-20(15-22(28-16)24(25,26)27)29-18-4-6-19(7-5-18)30-23(32)17-2-8-21(9-3-17)31-10-12-35(33,34)13-11-31;;/h2-3,8-9,14-15,18-19H,4-7,10-13H2,1H3,(H,28,29)(H,30,32);2*1H2. The minimum atomic E-state index is -4.49. The lowest BCUT2D eigenvalue weighted by Crippen LogP contribution is -2.40. The van der Waals surface area contributed by atoms with Gasteiger partial charge in [0.1, 0.15) is 5.69 Å². The Morgan fingerprint density at radius 1 is 0.973 bits per heavy atom. The zero-order valence-corrected chi connectivity index (χ0v) is 23.3. The zero-order valence-electron chi connectivity index (χ0n) is 20.4. The lowest BCUT2D eigenvalue weighted by molar-refractivity contribution is -0.141. The molecule has 2 N–H and O–H groups in total. The van der Waals surface area contributed by atoms with Crippen molar-refractivity contribution in [3.63, 3.8) is 0 Å². The van der Waals surface area contributed by atoms with E-state index in [4.69, 9.17) is 0 Å². The van der Waals surface area contributed by atoms with Gasteiger partial charge in [-0.1, -0.05) is 0 Å². The fraction of sp³-hybridized carbons (Fsp3) is 0.500. The largest absolute Gasteiger partial charge is 0.433 e. The number of sulfone groups is 1. The molecule has 1 aliphatic heterocycles. The Morgan fingerprint density at radius 2 is 1.54 bits per heavy atom. The number of aromatic nitrogens is 1. The van der Waals surface area contributed by atoms with Gasteiger partial charge in [-0.15, -0.1) is 0 Å². The third-order valence-electron chi connectivity index (χ3n) is 6.52. The summed E-state index contributed by atoms with van der Waals surface area (Å²) in [5.41, 5.74) is 1.23. The molecule has 206 valence electrons. The van der Waals surface area contributed by atoms with Crippen LogP contribution in [0.1, 0.15) is 47.4 Å². The molecule has 1 aromatic carbocycles. The Labute approximate surface area is 229 Å². The summed E-state index contributed by atoms with van der Waals surface area (Å²) in [6.45, 7) is 2.43. The molecule has 4 rings (SSSR count). The van der Waals surface area contributed by atoms with Crippen LogP contribution in [0.25, 0.3) is 0 Å². The van der Waals surface area contributed by atoms with E-state index < -0.39 is 21.7 Å². The maximum Gasteiger partial charge on any atom is 0.433 e. The fourth-order valence-electron chi connectivity index (χ4n) is 4.58. The second-order valence-corrected chi connectivity index (χ2v) is 11.5. The van der Waals surface area contributed by atoms with Crippen LogP contribution in [-0.2, 0) is 16.0 Å². The molecule has 2 heterocycles. The van der Waals surface area contributed by atoms with Gasteiger partial charge in [0.15, 0.2) is 9.84 Å². The predicted molar refractivity (Wildman–Crippen MR) is 149 cm³/mol. The van der Waals surface area contributed by atoms with Gasteiger partial charge in [0, 0.05) is 47.8 Å². The van der Waals surface area contributed by atoms with Crippen LogP contribution < -0.4 is 15.5 Å². The first-order valence-corrected chi connectivity index (χ1v) is 13.5. The summed E-state index contributed by atoms with van der Waals surface area (Å²) in [5, 5.41) is 6.24. The van der Waals surface area contributed by atoms with Gasteiger partial charge >= 0.3 is 6.18 Å². The van der Waals surface area contributed by atoms with Crippen molar-refractivity contribution in [2.24, 2.45) is 0 Å². The average molecular weight is 579 g/mol. The monoisotopic (exact) mass is 578 g/mol. The van der Waals surface area contributed by atoms with Crippen LogP contribution in [-0.4, -0.2) is 56.0 Å². The van der Waals surface area contributed by atoms with Crippen molar-refractivity contribution >= 4 is 54.1 Å². The van der Waals surface area contributed by atoms with Gasteiger partial charge in [-0.3, -0.25) is 4.79 Å². The summed E-state index contributed by atoms with van der Waals surface area (Å²) >= 11 is 0. The molecule has 13 heteroatoms. The van der Waals surface area contributed by atoms with Crippen LogP contribution in [0, 0.1) is 6.92 Å². The average Bonchev–Trinajstić information content (AvgIpc) is 2.79. The van der Waals surface area contributed by atoms with Gasteiger partial charge < -0.3 is 15.5 Å².